The first kappa shape index (κ1) is 20.2. The Hall–Kier alpha value is -2.54. The van der Waals surface area contributed by atoms with Gasteiger partial charge in [-0.05, 0) is 50.6 Å². The number of para-hydroxylation sites is 2. The van der Waals surface area contributed by atoms with Crippen molar-refractivity contribution in [3.05, 3.63) is 54.1 Å². The smallest absolute Gasteiger partial charge is 0.393 e. The largest absolute Gasteiger partial charge is 0.455 e. The Kier molecular flexibility index (Phi) is 6.24. The standard InChI is InChI=1S/C21H23F3N2O2/c1-15-8-10-17(11-9-15)28-19-7-3-2-6-18(19)25-20(27)14-26-12-4-5-16(13-26)21(22,23)24/h2-3,6-11,16H,4-5,12-14H2,1H3,(H,25,27). The maximum Gasteiger partial charge on any atom is 0.393 e. The minimum Gasteiger partial charge on any atom is -0.455 e. The van der Waals surface area contributed by atoms with Crippen molar-refractivity contribution >= 4 is 11.6 Å². The number of alkyl halides is 3. The zero-order valence-corrected chi connectivity index (χ0v) is 15.6. The van der Waals surface area contributed by atoms with Gasteiger partial charge in [0.15, 0.2) is 5.75 Å². The number of halogens is 3. The highest BCUT2D eigenvalue weighted by Crippen LogP contribution is 2.33. The molecule has 0 bridgehead atoms. The molecule has 4 nitrogen and oxygen atoms in total. The minimum absolute atomic E-state index is 0.0779. The third-order valence-electron chi connectivity index (χ3n) is 4.75. The predicted molar refractivity (Wildman–Crippen MR) is 102 cm³/mol. The number of nitrogens with zero attached hydrogens (tertiary/aromatic N) is 1. The Morgan fingerprint density at radius 1 is 1.18 bits per heavy atom. The van der Waals surface area contributed by atoms with Crippen molar-refractivity contribution in [3.8, 4) is 11.5 Å². The third-order valence-corrected chi connectivity index (χ3v) is 4.75. The monoisotopic (exact) mass is 392 g/mol. The normalized spacial score (nSPS) is 17.9. The van der Waals surface area contributed by atoms with Crippen LogP contribution in [-0.2, 0) is 4.79 Å². The Morgan fingerprint density at radius 3 is 2.61 bits per heavy atom. The molecule has 28 heavy (non-hydrogen) atoms. The highest BCUT2D eigenvalue weighted by molar-refractivity contribution is 5.93. The number of likely N-dealkylation sites (tertiary alicyclic amines) is 1. The number of rotatable bonds is 5. The Morgan fingerprint density at radius 2 is 1.89 bits per heavy atom. The molecule has 1 fully saturated rings. The van der Waals surface area contributed by atoms with Crippen molar-refractivity contribution in [2.45, 2.75) is 25.9 Å². The van der Waals surface area contributed by atoms with Crippen molar-refractivity contribution in [1.29, 1.82) is 0 Å². The van der Waals surface area contributed by atoms with Crippen molar-refractivity contribution < 1.29 is 22.7 Å². The van der Waals surface area contributed by atoms with Crippen LogP contribution in [0.15, 0.2) is 48.5 Å². The third kappa shape index (κ3) is 5.48. The summed E-state index contributed by atoms with van der Waals surface area (Å²) in [6.45, 7) is 2.24. The van der Waals surface area contributed by atoms with Gasteiger partial charge in [0.1, 0.15) is 5.75 Å². The van der Waals surface area contributed by atoms with E-state index in [2.05, 4.69) is 5.32 Å². The van der Waals surface area contributed by atoms with Crippen molar-refractivity contribution in [2.24, 2.45) is 5.92 Å². The van der Waals surface area contributed by atoms with E-state index in [1.54, 1.807) is 29.2 Å². The van der Waals surface area contributed by atoms with Gasteiger partial charge in [0.2, 0.25) is 5.91 Å². The number of ether oxygens (including phenoxy) is 1. The SMILES string of the molecule is Cc1ccc(Oc2ccccc2NC(=O)CN2CCCC(C(F)(F)F)C2)cc1. The number of carbonyl (C=O) groups excluding carboxylic acids is 1. The van der Waals surface area contributed by atoms with Gasteiger partial charge >= 0.3 is 6.18 Å². The lowest BCUT2D eigenvalue weighted by molar-refractivity contribution is -0.186. The fourth-order valence-electron chi connectivity index (χ4n) is 3.25. The molecule has 7 heteroatoms. The van der Waals surface area contributed by atoms with Gasteiger partial charge in [-0.15, -0.1) is 0 Å². The van der Waals surface area contributed by atoms with Crippen LogP contribution < -0.4 is 10.1 Å². The summed E-state index contributed by atoms with van der Waals surface area (Å²) in [4.78, 5) is 14.0. The van der Waals surface area contributed by atoms with Crippen LogP contribution in [0.25, 0.3) is 0 Å². The molecule has 0 aliphatic carbocycles. The fourth-order valence-corrected chi connectivity index (χ4v) is 3.25. The van der Waals surface area contributed by atoms with E-state index >= 15 is 0 Å². The van der Waals surface area contributed by atoms with Gasteiger partial charge in [0.25, 0.3) is 0 Å². The molecule has 1 amide bonds. The molecule has 1 atom stereocenters. The summed E-state index contributed by atoms with van der Waals surface area (Å²) in [7, 11) is 0. The molecule has 1 unspecified atom stereocenters. The van der Waals surface area contributed by atoms with Crippen LogP contribution in [0.5, 0.6) is 11.5 Å². The van der Waals surface area contributed by atoms with E-state index in [1.807, 2.05) is 31.2 Å². The van der Waals surface area contributed by atoms with E-state index in [-0.39, 0.29) is 25.4 Å². The zero-order chi connectivity index (χ0) is 20.1. The maximum absolute atomic E-state index is 12.9. The van der Waals surface area contributed by atoms with Crippen LogP contribution in [0.3, 0.4) is 0 Å². The van der Waals surface area contributed by atoms with E-state index in [4.69, 9.17) is 4.74 Å². The number of hydrogen-bond acceptors (Lipinski definition) is 3. The van der Waals surface area contributed by atoms with Crippen molar-refractivity contribution in [3.63, 3.8) is 0 Å². The lowest BCUT2D eigenvalue weighted by Crippen LogP contribution is -2.44. The molecule has 0 radical (unpaired) electrons. The lowest BCUT2D eigenvalue weighted by atomic mass is 9.97. The predicted octanol–water partition coefficient (Wildman–Crippen LogP) is 5.00. The summed E-state index contributed by atoms with van der Waals surface area (Å²) in [6, 6.07) is 14.5. The molecule has 1 heterocycles. The second-order valence-electron chi connectivity index (χ2n) is 7.08. The van der Waals surface area contributed by atoms with E-state index in [1.165, 1.54) is 0 Å². The summed E-state index contributed by atoms with van der Waals surface area (Å²) in [5.41, 5.74) is 1.59. The molecule has 2 aromatic rings. The molecular formula is C21H23F3N2O2. The number of benzene rings is 2. The van der Waals surface area contributed by atoms with Gasteiger partial charge in [-0.25, -0.2) is 0 Å². The molecule has 2 aromatic carbocycles. The van der Waals surface area contributed by atoms with Gasteiger partial charge in [0.05, 0.1) is 18.2 Å². The maximum atomic E-state index is 12.9. The van der Waals surface area contributed by atoms with Gasteiger partial charge in [-0.3, -0.25) is 9.69 Å². The molecule has 150 valence electrons. The second kappa shape index (κ2) is 8.65. The number of anilines is 1. The molecular weight excluding hydrogens is 369 g/mol. The molecule has 1 saturated heterocycles. The highest BCUT2D eigenvalue weighted by atomic mass is 19.4. The van der Waals surface area contributed by atoms with E-state index in [9.17, 15) is 18.0 Å². The van der Waals surface area contributed by atoms with E-state index in [0.717, 1.165) is 5.56 Å². The van der Waals surface area contributed by atoms with Crippen LogP contribution in [0, 0.1) is 12.8 Å². The summed E-state index contributed by atoms with van der Waals surface area (Å²) in [5, 5.41) is 2.76. The fraction of sp³-hybridized carbons (Fsp3) is 0.381. The summed E-state index contributed by atoms with van der Waals surface area (Å²) in [5.74, 6) is -0.614. The Bertz CT molecular complexity index is 806. The number of amides is 1. The molecule has 0 spiro atoms. The minimum atomic E-state index is -4.22. The van der Waals surface area contributed by atoms with Crippen LogP contribution >= 0.6 is 0 Å². The van der Waals surface area contributed by atoms with Crippen LogP contribution in [0.4, 0.5) is 18.9 Å². The Labute approximate surface area is 162 Å². The van der Waals surface area contributed by atoms with Crippen molar-refractivity contribution in [1.82, 2.24) is 4.90 Å². The molecule has 0 saturated carbocycles. The molecule has 3 rings (SSSR count). The van der Waals surface area contributed by atoms with Crippen LogP contribution in [0.1, 0.15) is 18.4 Å². The average molecular weight is 392 g/mol. The number of aryl methyl sites for hydroxylation is 1. The molecule has 1 aliphatic heterocycles. The molecule has 0 aromatic heterocycles. The summed E-state index contributed by atoms with van der Waals surface area (Å²) < 4.78 is 44.7. The first-order chi connectivity index (χ1) is 13.3. The number of hydrogen-bond donors (Lipinski definition) is 1. The second-order valence-corrected chi connectivity index (χ2v) is 7.08. The van der Waals surface area contributed by atoms with Crippen molar-refractivity contribution in [2.75, 3.05) is 25.0 Å². The highest BCUT2D eigenvalue weighted by Gasteiger charge is 2.41. The zero-order valence-electron chi connectivity index (χ0n) is 15.6. The lowest BCUT2D eigenvalue weighted by Gasteiger charge is -2.33. The molecule has 1 aliphatic rings. The van der Waals surface area contributed by atoms with Crippen LogP contribution in [-0.4, -0.2) is 36.6 Å². The molecule has 1 N–H and O–H groups in total. The topological polar surface area (TPSA) is 41.6 Å². The van der Waals surface area contributed by atoms with Crippen LogP contribution in [0.2, 0.25) is 0 Å². The van der Waals surface area contributed by atoms with Gasteiger partial charge in [-0.2, -0.15) is 13.2 Å². The van der Waals surface area contributed by atoms with Gasteiger partial charge < -0.3 is 10.1 Å². The Balaban J connectivity index is 1.62. The summed E-state index contributed by atoms with van der Waals surface area (Å²) in [6.07, 6.45) is -3.66. The van der Waals surface area contributed by atoms with Gasteiger partial charge in [-0.1, -0.05) is 29.8 Å². The first-order valence-corrected chi connectivity index (χ1v) is 9.24. The quantitative estimate of drug-likeness (QED) is 0.779. The number of nitrogens with one attached hydrogen (secondary N) is 1. The number of carbonyl (C=O) groups is 1. The van der Waals surface area contributed by atoms with Gasteiger partial charge in [0, 0.05) is 6.54 Å². The van der Waals surface area contributed by atoms with E-state index in [0.29, 0.717) is 30.2 Å². The summed E-state index contributed by atoms with van der Waals surface area (Å²) >= 11 is 0. The first-order valence-electron chi connectivity index (χ1n) is 9.24. The van der Waals surface area contributed by atoms with E-state index < -0.39 is 12.1 Å². The number of piperidine rings is 1. The average Bonchev–Trinajstić information content (AvgIpc) is 2.64.